The van der Waals surface area contributed by atoms with Gasteiger partial charge in [0.15, 0.2) is 0 Å². The van der Waals surface area contributed by atoms with Gasteiger partial charge in [-0.2, -0.15) is 0 Å². The topological polar surface area (TPSA) is 69.7 Å². The Morgan fingerprint density at radius 2 is 1.52 bits per heavy atom. The molecule has 0 aromatic heterocycles. The molecular formula is C25H27ClO5. The van der Waals surface area contributed by atoms with Crippen LogP contribution in [0.15, 0.2) is 54.6 Å². The van der Waals surface area contributed by atoms with Crippen LogP contribution in [0, 0.1) is 11.3 Å². The number of ether oxygens (including phenoxy) is 2. The highest BCUT2D eigenvalue weighted by Gasteiger charge is 2.62. The first kappa shape index (κ1) is 23.2. The normalized spacial score (nSPS) is 22.3. The highest BCUT2D eigenvalue weighted by Crippen LogP contribution is 2.52. The Bertz CT molecular complexity index is 963. The number of cyclic esters (lactones) is 1. The van der Waals surface area contributed by atoms with Crippen LogP contribution in [0.2, 0.25) is 5.02 Å². The van der Waals surface area contributed by atoms with E-state index in [0.717, 1.165) is 0 Å². The minimum atomic E-state index is -1.67. The van der Waals surface area contributed by atoms with Gasteiger partial charge in [0.1, 0.15) is 11.6 Å². The Morgan fingerprint density at radius 3 is 1.97 bits per heavy atom. The zero-order valence-electron chi connectivity index (χ0n) is 18.3. The summed E-state index contributed by atoms with van der Waals surface area (Å²) in [6.07, 6.45) is -0.852. The molecule has 0 bridgehead atoms. The van der Waals surface area contributed by atoms with Crippen LogP contribution in [0.4, 0.5) is 0 Å². The van der Waals surface area contributed by atoms with E-state index in [-0.39, 0.29) is 11.6 Å². The van der Waals surface area contributed by atoms with Crippen LogP contribution < -0.4 is 0 Å². The first-order valence-electron chi connectivity index (χ1n) is 10.2. The summed E-state index contributed by atoms with van der Waals surface area (Å²) in [6.45, 7) is 8.41. The molecule has 164 valence electrons. The van der Waals surface area contributed by atoms with Crippen molar-refractivity contribution < 1.29 is 23.9 Å². The van der Waals surface area contributed by atoms with E-state index >= 15 is 0 Å². The molecule has 0 unspecified atom stereocenters. The second-order valence-corrected chi connectivity index (χ2v) is 9.49. The minimum absolute atomic E-state index is 0.349. The molecule has 1 heterocycles. The molecule has 6 heteroatoms. The first-order valence-corrected chi connectivity index (χ1v) is 10.6. The third-order valence-electron chi connectivity index (χ3n) is 5.60. The van der Waals surface area contributed by atoms with Gasteiger partial charge in [-0.15, -0.1) is 0 Å². The average molecular weight is 443 g/mol. The molecule has 31 heavy (non-hydrogen) atoms. The van der Waals surface area contributed by atoms with Crippen LogP contribution in [0.25, 0.3) is 0 Å². The number of halogens is 1. The molecule has 0 N–H and O–H groups in total. The molecule has 5 nitrogen and oxygen atoms in total. The fourth-order valence-corrected chi connectivity index (χ4v) is 4.24. The third-order valence-corrected chi connectivity index (χ3v) is 5.85. The molecule has 0 amide bonds. The van der Waals surface area contributed by atoms with Crippen molar-refractivity contribution in [1.82, 2.24) is 0 Å². The SMILES string of the molecule is CC(=O)C(C(C)=O)[C@@H](c1ccc(Cl)cc1)[C@@]1(c2ccccc2)O[C@H](C(C)(C)C)OC1=O. The number of hydrogen-bond acceptors (Lipinski definition) is 5. The van der Waals surface area contributed by atoms with Gasteiger partial charge in [-0.05, 0) is 37.1 Å². The van der Waals surface area contributed by atoms with E-state index in [2.05, 4.69) is 0 Å². The van der Waals surface area contributed by atoms with Crippen LogP contribution in [0.5, 0.6) is 0 Å². The zero-order chi connectivity index (χ0) is 23.0. The van der Waals surface area contributed by atoms with Gasteiger partial charge < -0.3 is 9.47 Å². The Hall–Kier alpha value is -2.50. The third kappa shape index (κ3) is 4.30. The van der Waals surface area contributed by atoms with Crippen molar-refractivity contribution >= 4 is 29.1 Å². The Labute approximate surface area is 187 Å². The molecular weight excluding hydrogens is 416 g/mol. The molecule has 3 atom stereocenters. The first-order chi connectivity index (χ1) is 14.5. The molecule has 1 saturated heterocycles. The van der Waals surface area contributed by atoms with Crippen LogP contribution in [-0.2, 0) is 29.5 Å². The van der Waals surface area contributed by atoms with Crippen molar-refractivity contribution in [2.45, 2.75) is 52.4 Å². The lowest BCUT2D eigenvalue weighted by molar-refractivity contribution is -0.162. The maximum atomic E-state index is 13.6. The van der Waals surface area contributed by atoms with Crippen LogP contribution in [-0.4, -0.2) is 23.8 Å². The van der Waals surface area contributed by atoms with Crippen molar-refractivity contribution in [3.05, 3.63) is 70.7 Å². The maximum absolute atomic E-state index is 13.6. The molecule has 3 rings (SSSR count). The molecule has 1 fully saturated rings. The van der Waals surface area contributed by atoms with Gasteiger partial charge in [0.25, 0.3) is 0 Å². The van der Waals surface area contributed by atoms with Gasteiger partial charge in [0.05, 0.1) is 5.92 Å². The standard InChI is InChI=1S/C25H27ClO5/c1-15(27)20(16(2)28)21(17-11-13-19(26)14-12-17)25(18-9-7-6-8-10-18)22(29)30-23(31-25)24(3,4)5/h6-14,20-21,23H,1-5H3/t21-,23-,25-/m1/s1. The number of Topliss-reactive ketones (excluding diaryl/α,β-unsaturated/α-hetero) is 2. The van der Waals surface area contributed by atoms with Crippen molar-refractivity contribution in [3.63, 3.8) is 0 Å². The molecule has 1 aliphatic rings. The molecule has 2 aromatic rings. The predicted molar refractivity (Wildman–Crippen MR) is 118 cm³/mol. The van der Waals surface area contributed by atoms with Crippen LogP contribution >= 0.6 is 11.6 Å². The van der Waals surface area contributed by atoms with Crippen molar-refractivity contribution in [2.24, 2.45) is 11.3 Å². The van der Waals surface area contributed by atoms with Gasteiger partial charge >= 0.3 is 5.97 Å². The quantitative estimate of drug-likeness (QED) is 0.462. The second kappa shape index (κ2) is 8.56. The number of rotatable bonds is 6. The fourth-order valence-electron chi connectivity index (χ4n) is 4.12. The molecule has 2 aromatic carbocycles. The van der Waals surface area contributed by atoms with Crippen LogP contribution in [0.1, 0.15) is 51.7 Å². The smallest absolute Gasteiger partial charge is 0.346 e. The Kier molecular flexibility index (Phi) is 6.40. The van der Waals surface area contributed by atoms with Crippen LogP contribution in [0.3, 0.4) is 0 Å². The summed E-state index contributed by atoms with van der Waals surface area (Å²) < 4.78 is 12.2. The van der Waals surface area contributed by atoms with Crippen molar-refractivity contribution in [1.29, 1.82) is 0 Å². The van der Waals surface area contributed by atoms with E-state index in [1.54, 1.807) is 48.5 Å². The fraction of sp³-hybridized carbons (Fsp3) is 0.400. The van der Waals surface area contributed by atoms with Crippen molar-refractivity contribution in [3.8, 4) is 0 Å². The summed E-state index contributed by atoms with van der Waals surface area (Å²) in [6, 6.07) is 15.7. The zero-order valence-corrected chi connectivity index (χ0v) is 19.1. The number of carbonyl (C=O) groups is 3. The van der Waals surface area contributed by atoms with E-state index in [0.29, 0.717) is 16.1 Å². The van der Waals surface area contributed by atoms with Gasteiger partial charge in [0.2, 0.25) is 11.9 Å². The van der Waals surface area contributed by atoms with E-state index < -0.39 is 35.1 Å². The average Bonchev–Trinajstić information content (AvgIpc) is 3.05. The molecule has 0 aliphatic carbocycles. The number of ketones is 2. The minimum Gasteiger partial charge on any atom is -0.433 e. The summed E-state index contributed by atoms with van der Waals surface area (Å²) in [4.78, 5) is 39.0. The van der Waals surface area contributed by atoms with Gasteiger partial charge in [-0.25, -0.2) is 4.79 Å². The van der Waals surface area contributed by atoms with E-state index in [9.17, 15) is 14.4 Å². The molecule has 0 radical (unpaired) electrons. The lowest BCUT2D eigenvalue weighted by Gasteiger charge is -2.38. The molecule has 0 spiro atoms. The maximum Gasteiger partial charge on any atom is 0.346 e. The number of carbonyl (C=O) groups excluding carboxylic acids is 3. The van der Waals surface area contributed by atoms with E-state index in [1.807, 2.05) is 26.8 Å². The summed E-state index contributed by atoms with van der Waals surface area (Å²) in [5.41, 5.74) is -1.07. The van der Waals surface area contributed by atoms with Gasteiger partial charge in [0, 0.05) is 16.4 Å². The van der Waals surface area contributed by atoms with E-state index in [4.69, 9.17) is 21.1 Å². The van der Waals surface area contributed by atoms with Gasteiger partial charge in [-0.1, -0.05) is 74.8 Å². The molecule has 0 saturated carbocycles. The molecule has 1 aliphatic heterocycles. The Morgan fingerprint density at radius 1 is 0.968 bits per heavy atom. The lowest BCUT2D eigenvalue weighted by atomic mass is 9.68. The number of esters is 1. The summed E-state index contributed by atoms with van der Waals surface area (Å²) >= 11 is 6.09. The summed E-state index contributed by atoms with van der Waals surface area (Å²) in [5.74, 6) is -3.35. The number of benzene rings is 2. The summed E-state index contributed by atoms with van der Waals surface area (Å²) in [5, 5.41) is 0.501. The lowest BCUT2D eigenvalue weighted by Crippen LogP contribution is -2.47. The Balaban J connectivity index is 2.33. The highest BCUT2D eigenvalue weighted by molar-refractivity contribution is 6.30. The highest BCUT2D eigenvalue weighted by atomic mass is 35.5. The summed E-state index contributed by atoms with van der Waals surface area (Å²) in [7, 11) is 0. The predicted octanol–water partition coefficient (Wildman–Crippen LogP) is 5.06. The van der Waals surface area contributed by atoms with E-state index in [1.165, 1.54) is 13.8 Å². The monoisotopic (exact) mass is 442 g/mol. The van der Waals surface area contributed by atoms with Gasteiger partial charge in [-0.3, -0.25) is 9.59 Å². The number of hydrogen-bond donors (Lipinski definition) is 0. The second-order valence-electron chi connectivity index (χ2n) is 9.05. The van der Waals surface area contributed by atoms with Crippen molar-refractivity contribution in [2.75, 3.05) is 0 Å². The largest absolute Gasteiger partial charge is 0.433 e.